The summed E-state index contributed by atoms with van der Waals surface area (Å²) in [5.41, 5.74) is 2.17. The highest BCUT2D eigenvalue weighted by Gasteiger charge is 2.35. The number of aryl methyl sites for hydroxylation is 2. The van der Waals surface area contributed by atoms with Crippen molar-refractivity contribution in [2.75, 3.05) is 39.3 Å². The maximum Gasteiger partial charge on any atom is 0.319 e. The fourth-order valence-electron chi connectivity index (χ4n) is 4.56. The summed E-state index contributed by atoms with van der Waals surface area (Å²) in [5.74, 6) is 0. The van der Waals surface area contributed by atoms with Crippen molar-refractivity contribution >= 4 is 12.1 Å². The fraction of sp³-hybridized carbons (Fsp3) is 0.750. The van der Waals surface area contributed by atoms with Crippen molar-refractivity contribution in [3.05, 3.63) is 17.5 Å². The first kappa shape index (κ1) is 19.1. The Morgan fingerprint density at radius 1 is 0.964 bits per heavy atom. The lowest BCUT2D eigenvalue weighted by Gasteiger charge is -2.41. The van der Waals surface area contributed by atoms with Crippen molar-refractivity contribution in [1.29, 1.82) is 0 Å². The Hall–Kier alpha value is -2.25. The average molecular weight is 389 g/mol. The number of carbonyl (C=O) groups excluding carboxylic acids is 2. The maximum absolute atomic E-state index is 12.6. The first-order chi connectivity index (χ1) is 13.5. The smallest absolute Gasteiger partial charge is 0.319 e. The number of nitrogens with zero attached hydrogens (tertiary/aromatic N) is 5. The Morgan fingerprint density at radius 2 is 1.61 bits per heavy atom. The Bertz CT molecular complexity index is 712. The molecule has 0 atom stereocenters. The molecular weight excluding hydrogens is 356 g/mol. The number of urea groups is 2. The number of piperidine rings is 2. The highest BCUT2D eigenvalue weighted by atomic mass is 16.2. The van der Waals surface area contributed by atoms with Crippen LogP contribution in [0.2, 0.25) is 0 Å². The van der Waals surface area contributed by atoms with E-state index in [-0.39, 0.29) is 24.1 Å². The normalized spacial score (nSPS) is 21.6. The van der Waals surface area contributed by atoms with Crippen LogP contribution in [0, 0.1) is 13.8 Å². The van der Waals surface area contributed by atoms with E-state index in [0.29, 0.717) is 13.1 Å². The molecule has 4 amide bonds. The summed E-state index contributed by atoms with van der Waals surface area (Å²) in [6.07, 6.45) is 5.13. The molecule has 0 aliphatic carbocycles. The molecular formula is C20H32N6O2. The molecule has 1 N–H and O–H groups in total. The summed E-state index contributed by atoms with van der Waals surface area (Å²) in [6, 6.07) is 2.70. The van der Waals surface area contributed by atoms with E-state index in [1.807, 2.05) is 26.3 Å². The summed E-state index contributed by atoms with van der Waals surface area (Å²) in [6.45, 7) is 8.71. The van der Waals surface area contributed by atoms with Crippen LogP contribution in [0.1, 0.15) is 49.5 Å². The lowest BCUT2D eigenvalue weighted by molar-refractivity contribution is 0.107. The van der Waals surface area contributed by atoms with Gasteiger partial charge < -0.3 is 20.0 Å². The Balaban J connectivity index is 1.19. The van der Waals surface area contributed by atoms with Gasteiger partial charge >= 0.3 is 12.1 Å². The lowest BCUT2D eigenvalue weighted by Crippen LogP contribution is -2.58. The van der Waals surface area contributed by atoms with E-state index < -0.39 is 0 Å². The molecule has 0 radical (unpaired) electrons. The van der Waals surface area contributed by atoms with Crippen LogP contribution in [0.25, 0.3) is 0 Å². The number of nitrogens with one attached hydrogen (secondary N) is 1. The highest BCUT2D eigenvalue weighted by Crippen LogP contribution is 2.23. The Labute approximate surface area is 166 Å². The molecule has 3 aliphatic rings. The molecule has 1 aromatic heterocycles. The van der Waals surface area contributed by atoms with Crippen LogP contribution in [0.15, 0.2) is 6.07 Å². The van der Waals surface area contributed by atoms with E-state index in [0.717, 1.165) is 63.3 Å². The summed E-state index contributed by atoms with van der Waals surface area (Å²) in [5, 5.41) is 7.68. The zero-order chi connectivity index (χ0) is 19.7. The third kappa shape index (κ3) is 3.95. The zero-order valence-corrected chi connectivity index (χ0v) is 17.1. The molecule has 0 saturated carbocycles. The van der Waals surface area contributed by atoms with Crippen LogP contribution in [0.4, 0.5) is 9.59 Å². The fourth-order valence-corrected chi connectivity index (χ4v) is 4.56. The predicted octanol–water partition coefficient (Wildman–Crippen LogP) is 2.14. The van der Waals surface area contributed by atoms with Crippen molar-refractivity contribution in [3.63, 3.8) is 0 Å². The van der Waals surface area contributed by atoms with E-state index in [1.165, 1.54) is 6.42 Å². The maximum atomic E-state index is 12.6. The molecule has 8 heteroatoms. The number of hydrogen-bond acceptors (Lipinski definition) is 3. The average Bonchev–Trinajstić information content (AvgIpc) is 2.99. The van der Waals surface area contributed by atoms with Crippen LogP contribution in [-0.2, 0) is 0 Å². The minimum Gasteiger partial charge on any atom is -0.335 e. The van der Waals surface area contributed by atoms with E-state index in [2.05, 4.69) is 23.4 Å². The molecule has 4 rings (SSSR count). The number of amides is 4. The largest absolute Gasteiger partial charge is 0.335 e. The van der Waals surface area contributed by atoms with Crippen molar-refractivity contribution < 1.29 is 9.59 Å². The zero-order valence-electron chi connectivity index (χ0n) is 17.1. The van der Waals surface area contributed by atoms with Crippen molar-refractivity contribution in [1.82, 2.24) is 29.8 Å². The summed E-state index contributed by atoms with van der Waals surface area (Å²) in [4.78, 5) is 30.9. The lowest BCUT2D eigenvalue weighted by atomic mass is 10.0. The van der Waals surface area contributed by atoms with Gasteiger partial charge in [-0.25, -0.2) is 9.59 Å². The number of likely N-dealkylation sites (tertiary alicyclic amines) is 3. The number of aromatic nitrogens is 2. The van der Waals surface area contributed by atoms with Crippen molar-refractivity contribution in [3.8, 4) is 0 Å². The van der Waals surface area contributed by atoms with Gasteiger partial charge in [-0.15, -0.1) is 0 Å². The molecule has 0 spiro atoms. The Kier molecular flexibility index (Phi) is 5.46. The van der Waals surface area contributed by atoms with Gasteiger partial charge in [-0.2, -0.15) is 5.10 Å². The molecule has 3 aliphatic heterocycles. The van der Waals surface area contributed by atoms with Gasteiger partial charge in [-0.3, -0.25) is 4.68 Å². The summed E-state index contributed by atoms with van der Waals surface area (Å²) >= 11 is 0. The topological polar surface area (TPSA) is 73.7 Å². The predicted molar refractivity (Wildman–Crippen MR) is 106 cm³/mol. The van der Waals surface area contributed by atoms with Gasteiger partial charge in [0, 0.05) is 51.0 Å². The van der Waals surface area contributed by atoms with Crippen LogP contribution < -0.4 is 5.32 Å². The van der Waals surface area contributed by atoms with Gasteiger partial charge in [0.2, 0.25) is 0 Å². The van der Waals surface area contributed by atoms with Crippen LogP contribution >= 0.6 is 0 Å². The molecule has 0 bridgehead atoms. The van der Waals surface area contributed by atoms with Gasteiger partial charge in [0.15, 0.2) is 0 Å². The first-order valence-corrected chi connectivity index (χ1v) is 10.6. The van der Waals surface area contributed by atoms with Crippen molar-refractivity contribution in [2.45, 2.75) is 58.0 Å². The molecule has 1 aromatic rings. The summed E-state index contributed by atoms with van der Waals surface area (Å²) < 4.78 is 2.03. The standard InChI is InChI=1S/C20H32N6O2/c1-15-12-16(2)26(22-15)18-13-25(14-18)19(27)21-17-6-10-24(11-7-17)20(28)23-8-4-3-5-9-23/h12,17-18H,3-11,13-14H2,1-2H3,(H,21,27). The second-order valence-electron chi connectivity index (χ2n) is 8.47. The van der Waals surface area contributed by atoms with Gasteiger partial charge in [-0.1, -0.05) is 0 Å². The van der Waals surface area contributed by atoms with Crippen LogP contribution in [0.3, 0.4) is 0 Å². The molecule has 28 heavy (non-hydrogen) atoms. The minimum atomic E-state index is 0.0126. The summed E-state index contributed by atoms with van der Waals surface area (Å²) in [7, 11) is 0. The number of hydrogen-bond donors (Lipinski definition) is 1. The van der Waals surface area contributed by atoms with Gasteiger partial charge in [0.1, 0.15) is 0 Å². The van der Waals surface area contributed by atoms with E-state index in [1.54, 1.807) is 0 Å². The molecule has 3 saturated heterocycles. The molecule has 0 aromatic carbocycles. The molecule has 8 nitrogen and oxygen atoms in total. The van der Waals surface area contributed by atoms with Gasteiger partial charge in [0.05, 0.1) is 11.7 Å². The van der Waals surface area contributed by atoms with E-state index >= 15 is 0 Å². The molecule has 3 fully saturated rings. The molecule has 4 heterocycles. The van der Waals surface area contributed by atoms with Crippen LogP contribution in [0.5, 0.6) is 0 Å². The molecule has 154 valence electrons. The monoisotopic (exact) mass is 388 g/mol. The highest BCUT2D eigenvalue weighted by molar-refractivity contribution is 5.76. The van der Waals surface area contributed by atoms with E-state index in [9.17, 15) is 9.59 Å². The Morgan fingerprint density at radius 3 is 2.21 bits per heavy atom. The number of rotatable bonds is 2. The second kappa shape index (κ2) is 8.01. The van der Waals surface area contributed by atoms with Crippen molar-refractivity contribution in [2.24, 2.45) is 0 Å². The second-order valence-corrected chi connectivity index (χ2v) is 8.47. The van der Waals surface area contributed by atoms with Gasteiger partial charge in [0.25, 0.3) is 0 Å². The van der Waals surface area contributed by atoms with Gasteiger partial charge in [-0.05, 0) is 52.0 Å². The van der Waals surface area contributed by atoms with Crippen LogP contribution in [-0.4, -0.2) is 81.9 Å². The van der Waals surface area contributed by atoms with E-state index in [4.69, 9.17) is 0 Å². The SMILES string of the molecule is Cc1cc(C)n(C2CN(C(=O)NC3CCN(C(=O)N4CCCCC4)CC3)C2)n1. The third-order valence-electron chi connectivity index (χ3n) is 6.26. The minimum absolute atomic E-state index is 0.0126. The quantitative estimate of drug-likeness (QED) is 0.844. The third-order valence-corrected chi connectivity index (χ3v) is 6.26. The first-order valence-electron chi connectivity index (χ1n) is 10.6. The number of carbonyl (C=O) groups is 2. The molecule has 0 unspecified atom stereocenters.